The molecule has 4 rings (SSSR count). The predicted octanol–water partition coefficient (Wildman–Crippen LogP) is 1.91. The molecule has 0 bridgehead atoms. The number of rotatable bonds is 5. The Hall–Kier alpha value is -2.22. The first kappa shape index (κ1) is 17.2. The van der Waals surface area contributed by atoms with E-state index in [0.29, 0.717) is 37.3 Å². The molecule has 0 unspecified atom stereocenters. The number of halogens is 1. The summed E-state index contributed by atoms with van der Waals surface area (Å²) in [7, 11) is 1.64. The molecule has 0 radical (unpaired) electrons. The van der Waals surface area contributed by atoms with Crippen LogP contribution in [0.3, 0.4) is 0 Å². The SMILES string of the molecule is COCCn1ncc2c(=O)n3c(nc21)CN(Cc1cccc(Cl)c1)CC3. The average Bonchev–Trinajstić information content (AvgIpc) is 3.03. The standard InChI is InChI=1S/C18H20ClN5O2/c1-26-8-7-24-17-15(10-20-24)18(25)23-6-5-22(12-16(23)21-17)11-13-3-2-4-14(19)9-13/h2-4,9-10H,5-8,11-12H2,1H3. The van der Waals surface area contributed by atoms with Gasteiger partial charge in [0.1, 0.15) is 11.2 Å². The zero-order valence-electron chi connectivity index (χ0n) is 14.6. The molecule has 1 aliphatic rings. The van der Waals surface area contributed by atoms with Crippen molar-refractivity contribution in [1.29, 1.82) is 0 Å². The molecule has 3 aromatic rings. The van der Waals surface area contributed by atoms with Crippen molar-refractivity contribution in [3.63, 3.8) is 0 Å². The molecule has 7 nitrogen and oxygen atoms in total. The van der Waals surface area contributed by atoms with Crippen LogP contribution in [-0.4, -0.2) is 44.5 Å². The molecule has 0 spiro atoms. The van der Waals surface area contributed by atoms with Crippen LogP contribution in [0.2, 0.25) is 5.02 Å². The zero-order valence-corrected chi connectivity index (χ0v) is 15.3. The van der Waals surface area contributed by atoms with Gasteiger partial charge >= 0.3 is 0 Å². The average molecular weight is 374 g/mol. The van der Waals surface area contributed by atoms with Crippen LogP contribution in [0.15, 0.2) is 35.3 Å². The van der Waals surface area contributed by atoms with E-state index in [1.807, 2.05) is 18.2 Å². The molecule has 0 saturated carbocycles. The Bertz CT molecular complexity index is 997. The van der Waals surface area contributed by atoms with E-state index in [1.165, 1.54) is 0 Å². The maximum absolute atomic E-state index is 12.8. The Morgan fingerprint density at radius 3 is 3.00 bits per heavy atom. The zero-order chi connectivity index (χ0) is 18.1. The van der Waals surface area contributed by atoms with E-state index in [-0.39, 0.29) is 5.56 Å². The summed E-state index contributed by atoms with van der Waals surface area (Å²) in [6.07, 6.45) is 1.60. The quantitative estimate of drug-likeness (QED) is 0.683. The monoisotopic (exact) mass is 373 g/mol. The maximum Gasteiger partial charge on any atom is 0.264 e. The molecule has 3 heterocycles. The molecule has 8 heteroatoms. The lowest BCUT2D eigenvalue weighted by Crippen LogP contribution is -2.39. The second-order valence-electron chi connectivity index (χ2n) is 6.42. The number of aromatic nitrogens is 4. The summed E-state index contributed by atoms with van der Waals surface area (Å²) in [4.78, 5) is 19.8. The van der Waals surface area contributed by atoms with Gasteiger partial charge in [0.25, 0.3) is 5.56 Å². The molecular weight excluding hydrogens is 354 g/mol. The number of hydrogen-bond donors (Lipinski definition) is 0. The normalized spacial score (nSPS) is 14.7. The van der Waals surface area contributed by atoms with Gasteiger partial charge in [0.05, 0.1) is 25.9 Å². The fourth-order valence-electron chi connectivity index (χ4n) is 3.33. The lowest BCUT2D eigenvalue weighted by atomic mass is 10.2. The van der Waals surface area contributed by atoms with Gasteiger partial charge in [-0.05, 0) is 17.7 Å². The predicted molar refractivity (Wildman–Crippen MR) is 99.2 cm³/mol. The number of ether oxygens (including phenoxy) is 1. The van der Waals surface area contributed by atoms with Crippen molar-refractivity contribution < 1.29 is 4.74 Å². The van der Waals surface area contributed by atoms with Crippen LogP contribution >= 0.6 is 11.6 Å². The van der Waals surface area contributed by atoms with Crippen molar-refractivity contribution in [2.75, 3.05) is 20.3 Å². The van der Waals surface area contributed by atoms with Gasteiger partial charge in [-0.2, -0.15) is 5.10 Å². The van der Waals surface area contributed by atoms with Gasteiger partial charge < -0.3 is 4.74 Å². The fourth-order valence-corrected chi connectivity index (χ4v) is 3.55. The topological polar surface area (TPSA) is 65.2 Å². The molecular formula is C18H20ClN5O2. The Balaban J connectivity index is 1.63. The number of nitrogens with zero attached hydrogens (tertiary/aromatic N) is 5. The molecule has 26 heavy (non-hydrogen) atoms. The van der Waals surface area contributed by atoms with E-state index >= 15 is 0 Å². The summed E-state index contributed by atoms with van der Waals surface area (Å²) in [5.41, 5.74) is 1.76. The molecule has 0 saturated heterocycles. The summed E-state index contributed by atoms with van der Waals surface area (Å²) >= 11 is 6.08. The molecule has 1 aromatic carbocycles. The number of fused-ring (bicyclic) bond motifs is 2. The van der Waals surface area contributed by atoms with Crippen LogP contribution in [0.5, 0.6) is 0 Å². The van der Waals surface area contributed by atoms with Crippen LogP contribution < -0.4 is 5.56 Å². The van der Waals surface area contributed by atoms with Crippen LogP contribution in [0.4, 0.5) is 0 Å². The third-order valence-electron chi connectivity index (χ3n) is 4.64. The highest BCUT2D eigenvalue weighted by atomic mass is 35.5. The molecule has 0 atom stereocenters. The Morgan fingerprint density at radius 2 is 2.19 bits per heavy atom. The van der Waals surface area contributed by atoms with Gasteiger partial charge in [-0.15, -0.1) is 0 Å². The first-order chi connectivity index (χ1) is 12.7. The fraction of sp³-hybridized carbons (Fsp3) is 0.389. The molecule has 0 fully saturated rings. The van der Waals surface area contributed by atoms with Gasteiger partial charge in [0, 0.05) is 31.8 Å². The third kappa shape index (κ3) is 3.25. The van der Waals surface area contributed by atoms with E-state index < -0.39 is 0 Å². The highest BCUT2D eigenvalue weighted by Crippen LogP contribution is 2.17. The van der Waals surface area contributed by atoms with Gasteiger partial charge in [-0.25, -0.2) is 9.67 Å². The molecule has 2 aromatic heterocycles. The van der Waals surface area contributed by atoms with Gasteiger partial charge in [0.2, 0.25) is 0 Å². The summed E-state index contributed by atoms with van der Waals surface area (Å²) in [5, 5.41) is 5.59. The van der Waals surface area contributed by atoms with E-state index in [9.17, 15) is 4.79 Å². The lowest BCUT2D eigenvalue weighted by molar-refractivity contribution is 0.184. The molecule has 0 N–H and O–H groups in total. The van der Waals surface area contributed by atoms with Crippen molar-refractivity contribution in [3.8, 4) is 0 Å². The lowest BCUT2D eigenvalue weighted by Gasteiger charge is -2.29. The first-order valence-corrected chi connectivity index (χ1v) is 8.94. The van der Waals surface area contributed by atoms with Gasteiger partial charge in [0.15, 0.2) is 5.65 Å². The minimum absolute atomic E-state index is 0.0175. The third-order valence-corrected chi connectivity index (χ3v) is 4.88. The molecule has 0 aliphatic carbocycles. The van der Waals surface area contributed by atoms with Crippen molar-refractivity contribution >= 4 is 22.6 Å². The molecule has 136 valence electrons. The molecule has 0 amide bonds. The summed E-state index contributed by atoms with van der Waals surface area (Å²) in [5.74, 6) is 0.773. The number of benzene rings is 1. The molecule has 1 aliphatic heterocycles. The van der Waals surface area contributed by atoms with Crippen molar-refractivity contribution in [2.45, 2.75) is 26.2 Å². The van der Waals surface area contributed by atoms with Gasteiger partial charge in [-0.1, -0.05) is 23.7 Å². The minimum Gasteiger partial charge on any atom is -0.383 e. The summed E-state index contributed by atoms with van der Waals surface area (Å²) in [6.45, 7) is 3.91. The summed E-state index contributed by atoms with van der Waals surface area (Å²) in [6, 6.07) is 7.86. The van der Waals surface area contributed by atoms with E-state index in [2.05, 4.69) is 16.1 Å². The summed E-state index contributed by atoms with van der Waals surface area (Å²) < 4.78 is 8.61. The van der Waals surface area contributed by atoms with E-state index in [0.717, 1.165) is 29.5 Å². The second-order valence-corrected chi connectivity index (χ2v) is 6.86. The van der Waals surface area contributed by atoms with E-state index in [4.69, 9.17) is 21.3 Å². The Kier molecular flexibility index (Phi) is 4.76. The second kappa shape index (κ2) is 7.19. The van der Waals surface area contributed by atoms with Crippen molar-refractivity contribution in [3.05, 3.63) is 57.2 Å². The van der Waals surface area contributed by atoms with Crippen LogP contribution in [-0.2, 0) is 30.9 Å². The Labute approximate surface area is 155 Å². The highest BCUT2D eigenvalue weighted by molar-refractivity contribution is 6.30. The first-order valence-electron chi connectivity index (χ1n) is 8.56. The van der Waals surface area contributed by atoms with Crippen LogP contribution in [0, 0.1) is 0 Å². The van der Waals surface area contributed by atoms with E-state index in [1.54, 1.807) is 22.6 Å². The van der Waals surface area contributed by atoms with Gasteiger partial charge in [-0.3, -0.25) is 14.3 Å². The number of hydrogen-bond acceptors (Lipinski definition) is 5. The minimum atomic E-state index is -0.0175. The maximum atomic E-state index is 12.8. The van der Waals surface area contributed by atoms with Crippen LogP contribution in [0.25, 0.3) is 11.0 Å². The van der Waals surface area contributed by atoms with Crippen LogP contribution in [0.1, 0.15) is 11.4 Å². The highest BCUT2D eigenvalue weighted by Gasteiger charge is 2.21. The van der Waals surface area contributed by atoms with Crippen molar-refractivity contribution in [2.24, 2.45) is 0 Å². The number of methoxy groups -OCH3 is 1. The van der Waals surface area contributed by atoms with Crippen molar-refractivity contribution in [1.82, 2.24) is 24.2 Å². The smallest absolute Gasteiger partial charge is 0.264 e. The Morgan fingerprint density at radius 1 is 1.31 bits per heavy atom. The largest absolute Gasteiger partial charge is 0.383 e.